The quantitative estimate of drug-likeness (QED) is 0.849. The molecular formula is C11H15ClFNO3. The van der Waals surface area contributed by atoms with Crippen LogP contribution in [0.5, 0.6) is 5.75 Å². The number of methoxy groups -OCH3 is 1. The lowest BCUT2D eigenvalue weighted by atomic mass is 9.95. The Bertz CT molecular complexity index is 387. The molecule has 0 aliphatic carbocycles. The van der Waals surface area contributed by atoms with Gasteiger partial charge >= 0.3 is 5.97 Å². The van der Waals surface area contributed by atoms with E-state index in [2.05, 4.69) is 0 Å². The molecule has 1 atom stereocenters. The number of benzene rings is 1. The smallest absolute Gasteiger partial charge is 0.304 e. The van der Waals surface area contributed by atoms with E-state index in [0.29, 0.717) is 11.3 Å². The van der Waals surface area contributed by atoms with Crippen LogP contribution in [0.15, 0.2) is 18.2 Å². The SMILES string of the molecule is COc1ccc(F)cc1C(CN)CC(=O)O.Cl. The molecular weight excluding hydrogens is 249 g/mol. The number of hydrogen-bond donors (Lipinski definition) is 2. The molecule has 4 nitrogen and oxygen atoms in total. The molecule has 0 heterocycles. The first-order valence-electron chi connectivity index (χ1n) is 4.83. The molecule has 0 fully saturated rings. The summed E-state index contributed by atoms with van der Waals surface area (Å²) in [6.07, 6.45) is -0.143. The van der Waals surface area contributed by atoms with Crippen LogP contribution in [-0.2, 0) is 4.79 Å². The zero-order valence-corrected chi connectivity index (χ0v) is 10.2. The molecule has 0 aliphatic rings. The molecule has 0 saturated carbocycles. The van der Waals surface area contributed by atoms with Gasteiger partial charge in [-0.25, -0.2) is 4.39 Å². The highest BCUT2D eigenvalue weighted by Gasteiger charge is 2.18. The molecule has 0 amide bonds. The molecule has 17 heavy (non-hydrogen) atoms. The molecule has 0 saturated heterocycles. The number of halogens is 2. The van der Waals surface area contributed by atoms with Crippen molar-refractivity contribution in [3.8, 4) is 5.75 Å². The van der Waals surface area contributed by atoms with E-state index in [1.807, 2.05) is 0 Å². The average Bonchev–Trinajstić information content (AvgIpc) is 2.25. The number of hydrogen-bond acceptors (Lipinski definition) is 3. The molecule has 0 aliphatic heterocycles. The second-order valence-electron chi connectivity index (χ2n) is 3.42. The predicted molar refractivity (Wildman–Crippen MR) is 64.2 cm³/mol. The predicted octanol–water partition coefficient (Wildman–Crippen LogP) is 1.77. The van der Waals surface area contributed by atoms with Crippen LogP contribution < -0.4 is 10.5 Å². The largest absolute Gasteiger partial charge is 0.496 e. The van der Waals surface area contributed by atoms with E-state index in [0.717, 1.165) is 0 Å². The zero-order valence-electron chi connectivity index (χ0n) is 9.35. The van der Waals surface area contributed by atoms with E-state index < -0.39 is 17.7 Å². The number of carboxylic acids is 1. The van der Waals surface area contributed by atoms with E-state index in [1.54, 1.807) is 0 Å². The topological polar surface area (TPSA) is 72.5 Å². The highest BCUT2D eigenvalue weighted by atomic mass is 35.5. The Labute approximate surface area is 105 Å². The maximum atomic E-state index is 13.1. The highest BCUT2D eigenvalue weighted by Crippen LogP contribution is 2.29. The van der Waals surface area contributed by atoms with Gasteiger partial charge in [0.1, 0.15) is 11.6 Å². The van der Waals surface area contributed by atoms with Crippen molar-refractivity contribution in [1.29, 1.82) is 0 Å². The molecule has 3 N–H and O–H groups in total. The van der Waals surface area contributed by atoms with Crippen LogP contribution in [-0.4, -0.2) is 24.7 Å². The molecule has 0 bridgehead atoms. The zero-order chi connectivity index (χ0) is 12.1. The second kappa shape index (κ2) is 7.09. The average molecular weight is 264 g/mol. The van der Waals surface area contributed by atoms with Crippen LogP contribution in [0.4, 0.5) is 4.39 Å². The Morgan fingerprint density at radius 2 is 2.24 bits per heavy atom. The number of rotatable bonds is 5. The first-order valence-corrected chi connectivity index (χ1v) is 4.83. The normalized spacial score (nSPS) is 11.5. The minimum Gasteiger partial charge on any atom is -0.496 e. The van der Waals surface area contributed by atoms with Crippen molar-refractivity contribution in [2.75, 3.05) is 13.7 Å². The highest BCUT2D eigenvalue weighted by molar-refractivity contribution is 5.85. The fourth-order valence-corrected chi connectivity index (χ4v) is 1.56. The first-order chi connectivity index (χ1) is 7.58. The van der Waals surface area contributed by atoms with Crippen molar-refractivity contribution in [2.24, 2.45) is 5.73 Å². The minimum absolute atomic E-state index is 0. The van der Waals surface area contributed by atoms with Gasteiger partial charge < -0.3 is 15.6 Å². The summed E-state index contributed by atoms with van der Waals surface area (Å²) >= 11 is 0. The number of nitrogens with two attached hydrogens (primary N) is 1. The van der Waals surface area contributed by atoms with Crippen LogP contribution in [0.2, 0.25) is 0 Å². The Morgan fingerprint density at radius 1 is 1.59 bits per heavy atom. The van der Waals surface area contributed by atoms with Gasteiger partial charge in [-0.15, -0.1) is 12.4 Å². The summed E-state index contributed by atoms with van der Waals surface area (Å²) in [5.41, 5.74) is 5.98. The van der Waals surface area contributed by atoms with E-state index in [-0.39, 0.29) is 25.4 Å². The summed E-state index contributed by atoms with van der Waals surface area (Å²) in [5, 5.41) is 8.72. The first kappa shape index (κ1) is 15.7. The van der Waals surface area contributed by atoms with Crippen molar-refractivity contribution in [3.05, 3.63) is 29.6 Å². The standard InChI is InChI=1S/C11H14FNO3.ClH/c1-16-10-3-2-8(12)5-9(10)7(6-13)4-11(14)15;/h2-3,5,7H,4,6,13H2,1H3,(H,14,15);1H. The maximum absolute atomic E-state index is 13.1. The van der Waals surface area contributed by atoms with Crippen molar-refractivity contribution in [3.63, 3.8) is 0 Å². The number of carbonyl (C=O) groups is 1. The van der Waals surface area contributed by atoms with Crippen LogP contribution in [0.1, 0.15) is 17.9 Å². The Balaban J connectivity index is 0.00000256. The minimum atomic E-state index is -0.971. The van der Waals surface area contributed by atoms with Crippen LogP contribution in [0.25, 0.3) is 0 Å². The van der Waals surface area contributed by atoms with Gasteiger partial charge in [0, 0.05) is 11.5 Å². The Morgan fingerprint density at radius 3 is 2.71 bits per heavy atom. The van der Waals surface area contributed by atoms with Crippen molar-refractivity contribution in [2.45, 2.75) is 12.3 Å². The summed E-state index contributed by atoms with van der Waals surface area (Å²) in [6, 6.07) is 3.99. The van der Waals surface area contributed by atoms with Gasteiger partial charge in [0.15, 0.2) is 0 Å². The van der Waals surface area contributed by atoms with E-state index >= 15 is 0 Å². The third kappa shape index (κ3) is 4.20. The second-order valence-corrected chi connectivity index (χ2v) is 3.42. The summed E-state index contributed by atoms with van der Waals surface area (Å²) in [7, 11) is 1.45. The summed E-state index contributed by atoms with van der Waals surface area (Å²) in [6.45, 7) is 0.131. The van der Waals surface area contributed by atoms with E-state index in [4.69, 9.17) is 15.6 Å². The lowest BCUT2D eigenvalue weighted by Gasteiger charge is -2.16. The van der Waals surface area contributed by atoms with Crippen LogP contribution in [0, 0.1) is 5.82 Å². The lowest BCUT2D eigenvalue weighted by Crippen LogP contribution is -2.17. The van der Waals surface area contributed by atoms with Gasteiger partial charge in [-0.3, -0.25) is 4.79 Å². The fourth-order valence-electron chi connectivity index (χ4n) is 1.56. The van der Waals surface area contributed by atoms with Gasteiger partial charge in [0.25, 0.3) is 0 Å². The van der Waals surface area contributed by atoms with Crippen LogP contribution >= 0.6 is 12.4 Å². The molecule has 1 aromatic carbocycles. The molecule has 0 spiro atoms. The maximum Gasteiger partial charge on any atom is 0.304 e. The van der Waals surface area contributed by atoms with Crippen molar-refractivity contribution < 1.29 is 19.0 Å². The van der Waals surface area contributed by atoms with Gasteiger partial charge in [-0.05, 0) is 24.7 Å². The molecule has 0 radical (unpaired) electrons. The van der Waals surface area contributed by atoms with Gasteiger partial charge in [-0.1, -0.05) is 0 Å². The summed E-state index contributed by atoms with van der Waals surface area (Å²) in [5.74, 6) is -1.39. The third-order valence-electron chi connectivity index (χ3n) is 2.34. The Kier molecular flexibility index (Phi) is 6.53. The molecule has 0 aromatic heterocycles. The van der Waals surface area contributed by atoms with Crippen LogP contribution in [0.3, 0.4) is 0 Å². The monoisotopic (exact) mass is 263 g/mol. The molecule has 1 unspecified atom stereocenters. The summed E-state index contributed by atoms with van der Waals surface area (Å²) in [4.78, 5) is 10.6. The fraction of sp³-hybridized carbons (Fsp3) is 0.364. The Hall–Kier alpha value is -1.33. The van der Waals surface area contributed by atoms with Crippen molar-refractivity contribution in [1.82, 2.24) is 0 Å². The van der Waals surface area contributed by atoms with Gasteiger partial charge in [0.05, 0.1) is 13.5 Å². The van der Waals surface area contributed by atoms with E-state index in [9.17, 15) is 9.18 Å². The number of aliphatic carboxylic acids is 1. The van der Waals surface area contributed by atoms with Crippen molar-refractivity contribution >= 4 is 18.4 Å². The van der Waals surface area contributed by atoms with Gasteiger partial charge in [-0.2, -0.15) is 0 Å². The third-order valence-corrected chi connectivity index (χ3v) is 2.34. The van der Waals surface area contributed by atoms with Gasteiger partial charge in [0.2, 0.25) is 0 Å². The van der Waals surface area contributed by atoms with E-state index in [1.165, 1.54) is 25.3 Å². The molecule has 1 aromatic rings. The lowest BCUT2D eigenvalue weighted by molar-refractivity contribution is -0.137. The molecule has 1 rings (SSSR count). The summed E-state index contributed by atoms with van der Waals surface area (Å²) < 4.78 is 18.1. The number of carboxylic acid groups (broad SMARTS) is 1. The number of ether oxygens (including phenoxy) is 1. The molecule has 96 valence electrons. The molecule has 6 heteroatoms.